The molecule has 0 unspecified atom stereocenters. The summed E-state index contributed by atoms with van der Waals surface area (Å²) in [6.07, 6.45) is 0. The second kappa shape index (κ2) is 14.9. The summed E-state index contributed by atoms with van der Waals surface area (Å²) in [5, 5.41) is 5.13. The first-order chi connectivity index (χ1) is 33.2. The molecule has 2 aliphatic rings. The van der Waals surface area contributed by atoms with E-state index >= 15 is 0 Å². The first kappa shape index (κ1) is 38.0. The average Bonchev–Trinajstić information content (AvgIpc) is 4.03. The third-order valence-corrected chi connectivity index (χ3v) is 15.7. The molecular weight excluding hydrogens is 827 g/mol. The number of rotatable bonds is 6. The fourth-order valence-corrected chi connectivity index (χ4v) is 12.7. The van der Waals surface area contributed by atoms with Gasteiger partial charge in [0.05, 0.1) is 11.1 Å². The van der Waals surface area contributed by atoms with E-state index in [2.05, 4.69) is 254 Å². The number of para-hydroxylation sites is 1. The average molecular weight is 868 g/mol. The summed E-state index contributed by atoms with van der Waals surface area (Å²) in [5.74, 6) is 0. The lowest BCUT2D eigenvalue weighted by molar-refractivity contribution is 0.794. The topological polar surface area (TPSA) is 3.24 Å². The van der Waals surface area contributed by atoms with Gasteiger partial charge in [0.2, 0.25) is 0 Å². The SMILES string of the molecule is c1ccc(N(c2ccc(-c3ccc4c(c3)C3(c5ccccc5-c5ccccc53)c3ccccc3-4)cc2)c2ccc(-c3cccc4ccccc34)cc2)c(-c2ccc3c(c2)sc2ccccc23)c1. The Kier molecular flexibility index (Phi) is 8.44. The Morgan fingerprint density at radius 3 is 1.48 bits per heavy atom. The molecule has 0 N–H and O–H groups in total. The minimum atomic E-state index is -0.382. The van der Waals surface area contributed by atoms with Gasteiger partial charge in [-0.25, -0.2) is 0 Å². The van der Waals surface area contributed by atoms with Gasteiger partial charge < -0.3 is 4.90 Å². The zero-order chi connectivity index (χ0) is 44.1. The molecule has 2 heteroatoms. The predicted octanol–water partition coefficient (Wildman–Crippen LogP) is 18.0. The number of hydrogen-bond donors (Lipinski definition) is 0. The molecule has 0 amide bonds. The van der Waals surface area contributed by atoms with Gasteiger partial charge in [0.15, 0.2) is 0 Å². The Hall–Kier alpha value is -8.30. The molecule has 1 nitrogen and oxygen atoms in total. The molecular formula is C65H41NS. The Bertz CT molecular complexity index is 3860. The highest BCUT2D eigenvalue weighted by atomic mass is 32.1. The third-order valence-electron chi connectivity index (χ3n) is 14.5. The van der Waals surface area contributed by atoms with Crippen molar-refractivity contribution in [3.05, 3.63) is 271 Å². The number of thiophene rings is 1. The maximum absolute atomic E-state index is 2.48. The van der Waals surface area contributed by atoms with Crippen molar-refractivity contribution >= 4 is 59.3 Å². The molecule has 12 aromatic rings. The van der Waals surface area contributed by atoms with Crippen molar-refractivity contribution < 1.29 is 0 Å². The van der Waals surface area contributed by atoms with Crippen molar-refractivity contribution in [3.8, 4) is 55.6 Å². The predicted molar refractivity (Wildman–Crippen MR) is 284 cm³/mol. The van der Waals surface area contributed by atoms with E-state index in [0.29, 0.717) is 0 Å². The fourth-order valence-electron chi connectivity index (χ4n) is 11.6. The zero-order valence-corrected chi connectivity index (χ0v) is 37.3. The molecule has 0 bridgehead atoms. The van der Waals surface area contributed by atoms with E-state index in [-0.39, 0.29) is 5.41 Å². The highest BCUT2D eigenvalue weighted by molar-refractivity contribution is 7.25. The van der Waals surface area contributed by atoms with Crippen LogP contribution in [0.15, 0.2) is 249 Å². The number of benzene rings is 11. The summed E-state index contributed by atoms with van der Waals surface area (Å²) in [6.45, 7) is 0. The van der Waals surface area contributed by atoms with Crippen LogP contribution in [-0.4, -0.2) is 0 Å². The molecule has 0 aliphatic heterocycles. The summed E-state index contributed by atoms with van der Waals surface area (Å²) in [6, 6.07) is 92.5. The summed E-state index contributed by atoms with van der Waals surface area (Å²) in [7, 11) is 0. The first-order valence-electron chi connectivity index (χ1n) is 23.2. The Morgan fingerprint density at radius 2 is 0.776 bits per heavy atom. The molecule has 0 saturated heterocycles. The van der Waals surface area contributed by atoms with Crippen LogP contribution in [-0.2, 0) is 5.41 Å². The van der Waals surface area contributed by atoms with Gasteiger partial charge in [0.1, 0.15) is 0 Å². The van der Waals surface area contributed by atoms with Gasteiger partial charge in [0.25, 0.3) is 0 Å². The number of nitrogens with zero attached hydrogens (tertiary/aromatic N) is 1. The van der Waals surface area contributed by atoms with Crippen LogP contribution in [0.5, 0.6) is 0 Å². The van der Waals surface area contributed by atoms with Crippen molar-refractivity contribution in [2.75, 3.05) is 4.90 Å². The summed E-state index contributed by atoms with van der Waals surface area (Å²) < 4.78 is 2.62. The standard InChI is InChI=1S/C65H41NS/c1-2-16-49-43(14-1)15-13-22-50(49)44-30-36-48(37-31-44)66(62-26-11-6-17-51(62)46-33-39-57-56-21-7-12-27-63(56)67-64(57)41-46)47-34-28-42(29-35-47)45-32-38-55-54-20-5-10-25-60(54)65(61(55)40-45)58-23-8-3-18-52(58)53-19-4-9-24-59(53)65/h1-41H. The molecule has 0 radical (unpaired) electrons. The van der Waals surface area contributed by atoms with E-state index < -0.39 is 0 Å². The zero-order valence-electron chi connectivity index (χ0n) is 36.5. The van der Waals surface area contributed by atoms with E-state index in [1.54, 1.807) is 0 Å². The van der Waals surface area contributed by atoms with Crippen LogP contribution >= 0.6 is 11.3 Å². The van der Waals surface area contributed by atoms with Gasteiger partial charge >= 0.3 is 0 Å². The van der Waals surface area contributed by atoms with E-state index in [1.807, 2.05) is 11.3 Å². The molecule has 67 heavy (non-hydrogen) atoms. The number of fused-ring (bicyclic) bond motifs is 14. The molecule has 11 aromatic carbocycles. The second-order valence-electron chi connectivity index (χ2n) is 17.9. The molecule has 1 aromatic heterocycles. The molecule has 0 fully saturated rings. The third kappa shape index (κ3) is 5.67. The lowest BCUT2D eigenvalue weighted by Crippen LogP contribution is -2.25. The smallest absolute Gasteiger partial charge is 0.0725 e. The first-order valence-corrected chi connectivity index (χ1v) is 24.0. The maximum atomic E-state index is 2.48. The van der Waals surface area contributed by atoms with Crippen LogP contribution in [0.4, 0.5) is 17.1 Å². The Morgan fingerprint density at radius 1 is 0.284 bits per heavy atom. The van der Waals surface area contributed by atoms with Crippen LogP contribution in [0.1, 0.15) is 22.3 Å². The van der Waals surface area contributed by atoms with E-state index in [4.69, 9.17) is 0 Å². The van der Waals surface area contributed by atoms with Gasteiger partial charge in [-0.15, -0.1) is 11.3 Å². The molecule has 1 spiro atoms. The number of anilines is 3. The van der Waals surface area contributed by atoms with Crippen LogP contribution in [0.2, 0.25) is 0 Å². The van der Waals surface area contributed by atoms with E-state index in [9.17, 15) is 0 Å². The molecule has 1 heterocycles. The van der Waals surface area contributed by atoms with Crippen molar-refractivity contribution in [2.45, 2.75) is 5.41 Å². The van der Waals surface area contributed by atoms with E-state index in [1.165, 1.54) is 109 Å². The van der Waals surface area contributed by atoms with Crippen LogP contribution < -0.4 is 4.90 Å². The normalized spacial score (nSPS) is 12.9. The summed E-state index contributed by atoms with van der Waals surface area (Å²) in [5.41, 5.74) is 20.9. The lowest BCUT2D eigenvalue weighted by Gasteiger charge is -2.30. The van der Waals surface area contributed by atoms with Crippen LogP contribution in [0.3, 0.4) is 0 Å². The second-order valence-corrected chi connectivity index (χ2v) is 19.0. The quantitative estimate of drug-likeness (QED) is 0.161. The molecule has 14 rings (SSSR count). The van der Waals surface area contributed by atoms with Crippen molar-refractivity contribution in [2.24, 2.45) is 0 Å². The molecule has 312 valence electrons. The van der Waals surface area contributed by atoms with Gasteiger partial charge in [-0.05, 0) is 132 Å². The fraction of sp³-hybridized carbons (Fsp3) is 0.0154. The maximum Gasteiger partial charge on any atom is 0.0725 e. The summed E-state index contributed by atoms with van der Waals surface area (Å²) >= 11 is 1.87. The largest absolute Gasteiger partial charge is 0.310 e. The van der Waals surface area contributed by atoms with Gasteiger partial charge in [0, 0.05) is 37.1 Å². The lowest BCUT2D eigenvalue weighted by atomic mass is 9.70. The molecule has 2 aliphatic carbocycles. The minimum absolute atomic E-state index is 0.382. The summed E-state index contributed by atoms with van der Waals surface area (Å²) in [4.78, 5) is 2.43. The van der Waals surface area contributed by atoms with Crippen molar-refractivity contribution in [3.63, 3.8) is 0 Å². The molecule has 0 saturated carbocycles. The van der Waals surface area contributed by atoms with Gasteiger partial charge in [-0.1, -0.05) is 200 Å². The Labute approximate surface area is 394 Å². The highest BCUT2D eigenvalue weighted by Crippen LogP contribution is 2.63. The van der Waals surface area contributed by atoms with Crippen LogP contribution in [0.25, 0.3) is 86.6 Å². The van der Waals surface area contributed by atoms with Crippen molar-refractivity contribution in [1.82, 2.24) is 0 Å². The Balaban J connectivity index is 0.906. The number of hydrogen-bond acceptors (Lipinski definition) is 2. The highest BCUT2D eigenvalue weighted by Gasteiger charge is 2.51. The van der Waals surface area contributed by atoms with Gasteiger partial charge in [-0.3, -0.25) is 0 Å². The monoisotopic (exact) mass is 867 g/mol. The molecule has 0 atom stereocenters. The van der Waals surface area contributed by atoms with Gasteiger partial charge in [-0.2, -0.15) is 0 Å². The van der Waals surface area contributed by atoms with Crippen LogP contribution in [0, 0.1) is 0 Å². The minimum Gasteiger partial charge on any atom is -0.310 e. The van der Waals surface area contributed by atoms with Crippen molar-refractivity contribution in [1.29, 1.82) is 0 Å². The van der Waals surface area contributed by atoms with E-state index in [0.717, 1.165) is 17.1 Å².